The molecule has 1 fully saturated rings. The van der Waals surface area contributed by atoms with E-state index in [0.29, 0.717) is 19.5 Å². The van der Waals surface area contributed by atoms with Crippen LogP contribution in [0.5, 0.6) is 0 Å². The summed E-state index contributed by atoms with van der Waals surface area (Å²) in [5, 5.41) is 10.3. The maximum Gasteiger partial charge on any atom is 0.211 e. The van der Waals surface area contributed by atoms with Crippen molar-refractivity contribution in [1.82, 2.24) is 4.31 Å². The predicted octanol–water partition coefficient (Wildman–Crippen LogP) is 2.39. The van der Waals surface area contributed by atoms with Crippen LogP contribution in [0, 0.1) is 9.49 Å². The van der Waals surface area contributed by atoms with Crippen molar-refractivity contribution >= 4 is 32.6 Å². The highest BCUT2D eigenvalue weighted by Gasteiger charge is 2.27. The lowest BCUT2D eigenvalue weighted by atomic mass is 9.91. The van der Waals surface area contributed by atoms with Crippen LogP contribution in [0.15, 0.2) is 24.3 Å². The number of aliphatic hydroxyl groups is 1. The lowest BCUT2D eigenvalue weighted by Gasteiger charge is -2.32. The first-order chi connectivity index (χ1) is 9.36. The summed E-state index contributed by atoms with van der Waals surface area (Å²) >= 11 is 2.23. The van der Waals surface area contributed by atoms with E-state index in [1.165, 1.54) is 10.6 Å². The van der Waals surface area contributed by atoms with Crippen LogP contribution in [0.25, 0.3) is 0 Å². The topological polar surface area (TPSA) is 57.6 Å². The molecule has 0 bridgehead atoms. The van der Waals surface area contributed by atoms with Crippen LogP contribution in [-0.2, 0) is 10.0 Å². The summed E-state index contributed by atoms with van der Waals surface area (Å²) in [7, 11) is -3.11. The molecule has 1 aromatic rings. The fourth-order valence-electron chi connectivity index (χ4n) is 2.66. The van der Waals surface area contributed by atoms with Gasteiger partial charge in [-0.1, -0.05) is 12.1 Å². The fourth-order valence-corrected chi connectivity index (χ4v) is 3.96. The molecule has 0 radical (unpaired) electrons. The van der Waals surface area contributed by atoms with Gasteiger partial charge in [0, 0.05) is 16.7 Å². The van der Waals surface area contributed by atoms with Crippen LogP contribution in [0.4, 0.5) is 0 Å². The number of benzene rings is 1. The SMILES string of the molecule is CS(=O)(=O)N1CCCC(CC(O)c2ccc(I)cc2)C1. The minimum Gasteiger partial charge on any atom is -0.388 e. The molecule has 2 atom stereocenters. The first-order valence-corrected chi connectivity index (χ1v) is 9.67. The Morgan fingerprint density at radius 3 is 2.65 bits per heavy atom. The van der Waals surface area contributed by atoms with Gasteiger partial charge >= 0.3 is 0 Å². The van der Waals surface area contributed by atoms with Crippen LogP contribution in [0.1, 0.15) is 30.9 Å². The first-order valence-electron chi connectivity index (χ1n) is 6.75. The van der Waals surface area contributed by atoms with E-state index in [1.54, 1.807) is 0 Å². The van der Waals surface area contributed by atoms with Crippen LogP contribution in [-0.4, -0.2) is 37.2 Å². The molecule has 6 heteroatoms. The molecule has 0 saturated carbocycles. The minimum atomic E-state index is -3.11. The van der Waals surface area contributed by atoms with Gasteiger partial charge in [-0.3, -0.25) is 0 Å². The molecule has 1 aliphatic rings. The number of hydrogen-bond donors (Lipinski definition) is 1. The van der Waals surface area contributed by atoms with Gasteiger partial charge in [0.15, 0.2) is 0 Å². The van der Waals surface area contributed by atoms with E-state index in [4.69, 9.17) is 0 Å². The quantitative estimate of drug-likeness (QED) is 0.778. The summed E-state index contributed by atoms with van der Waals surface area (Å²) in [4.78, 5) is 0. The molecule has 0 spiro atoms. The smallest absolute Gasteiger partial charge is 0.211 e. The van der Waals surface area contributed by atoms with Crippen LogP contribution in [0.3, 0.4) is 0 Å². The lowest BCUT2D eigenvalue weighted by Crippen LogP contribution is -2.39. The van der Waals surface area contributed by atoms with Gasteiger partial charge in [-0.2, -0.15) is 0 Å². The van der Waals surface area contributed by atoms with Gasteiger partial charge in [-0.25, -0.2) is 12.7 Å². The molecule has 1 aromatic carbocycles. The molecule has 4 nitrogen and oxygen atoms in total. The summed E-state index contributed by atoms with van der Waals surface area (Å²) in [6.45, 7) is 1.13. The van der Waals surface area contributed by atoms with Crippen molar-refractivity contribution in [2.24, 2.45) is 5.92 Å². The molecule has 2 rings (SSSR count). The second-order valence-electron chi connectivity index (χ2n) is 5.43. The van der Waals surface area contributed by atoms with Gasteiger partial charge in [0.2, 0.25) is 10.0 Å². The summed E-state index contributed by atoms with van der Waals surface area (Å²) in [6.07, 6.45) is 3.21. The zero-order valence-corrected chi connectivity index (χ0v) is 14.5. The summed E-state index contributed by atoms with van der Waals surface area (Å²) in [5.74, 6) is 0.229. The Hall–Kier alpha value is -0.180. The highest BCUT2D eigenvalue weighted by Crippen LogP contribution is 2.28. The third kappa shape index (κ3) is 4.41. The van der Waals surface area contributed by atoms with E-state index in [9.17, 15) is 13.5 Å². The van der Waals surface area contributed by atoms with E-state index in [0.717, 1.165) is 22.0 Å². The van der Waals surface area contributed by atoms with Gasteiger partial charge in [0.1, 0.15) is 0 Å². The van der Waals surface area contributed by atoms with E-state index in [-0.39, 0.29) is 5.92 Å². The number of piperidine rings is 1. The van der Waals surface area contributed by atoms with Crippen LogP contribution < -0.4 is 0 Å². The predicted molar refractivity (Wildman–Crippen MR) is 87.9 cm³/mol. The highest BCUT2D eigenvalue weighted by atomic mass is 127. The second-order valence-corrected chi connectivity index (χ2v) is 8.66. The Kier molecular flexibility index (Phi) is 5.44. The highest BCUT2D eigenvalue weighted by molar-refractivity contribution is 14.1. The average Bonchev–Trinajstić information content (AvgIpc) is 2.38. The molecule has 0 aromatic heterocycles. The van der Waals surface area contributed by atoms with Crippen molar-refractivity contribution in [2.45, 2.75) is 25.4 Å². The summed E-state index contributed by atoms with van der Waals surface area (Å²) < 4.78 is 25.8. The van der Waals surface area contributed by atoms with Crippen molar-refractivity contribution in [3.63, 3.8) is 0 Å². The van der Waals surface area contributed by atoms with Crippen LogP contribution in [0.2, 0.25) is 0 Å². The molecule has 2 unspecified atom stereocenters. The zero-order chi connectivity index (χ0) is 14.8. The van der Waals surface area contributed by atoms with Gasteiger partial charge in [-0.05, 0) is 65.5 Å². The molecule has 1 heterocycles. The Morgan fingerprint density at radius 2 is 2.05 bits per heavy atom. The molecule has 1 N–H and O–H groups in total. The number of aliphatic hydroxyl groups excluding tert-OH is 1. The largest absolute Gasteiger partial charge is 0.388 e. The van der Waals surface area contributed by atoms with Crippen molar-refractivity contribution < 1.29 is 13.5 Å². The van der Waals surface area contributed by atoms with Gasteiger partial charge in [0.25, 0.3) is 0 Å². The third-order valence-electron chi connectivity index (χ3n) is 3.76. The minimum absolute atomic E-state index is 0.229. The van der Waals surface area contributed by atoms with Gasteiger partial charge in [-0.15, -0.1) is 0 Å². The normalized spacial score (nSPS) is 22.6. The summed E-state index contributed by atoms with van der Waals surface area (Å²) in [6, 6.07) is 7.82. The Labute approximate surface area is 134 Å². The summed E-state index contributed by atoms with van der Waals surface area (Å²) in [5.41, 5.74) is 0.905. The monoisotopic (exact) mass is 409 g/mol. The standard InChI is InChI=1S/C14H20INO3S/c1-20(18,19)16-8-2-3-11(10-16)9-14(17)12-4-6-13(15)7-5-12/h4-7,11,14,17H,2-3,8-10H2,1H3. The zero-order valence-electron chi connectivity index (χ0n) is 11.5. The molecular weight excluding hydrogens is 389 g/mol. The number of halogens is 1. The Balaban J connectivity index is 1.97. The Morgan fingerprint density at radius 1 is 1.40 bits per heavy atom. The number of rotatable bonds is 4. The molecule has 1 aliphatic heterocycles. The molecular formula is C14H20INO3S. The van der Waals surface area contributed by atoms with Crippen molar-refractivity contribution in [3.05, 3.63) is 33.4 Å². The van der Waals surface area contributed by atoms with Gasteiger partial charge in [0.05, 0.1) is 12.4 Å². The molecule has 20 heavy (non-hydrogen) atoms. The van der Waals surface area contributed by atoms with E-state index in [2.05, 4.69) is 22.6 Å². The molecule has 0 aliphatic carbocycles. The van der Waals surface area contributed by atoms with E-state index >= 15 is 0 Å². The van der Waals surface area contributed by atoms with Crippen molar-refractivity contribution in [3.8, 4) is 0 Å². The Bertz CT molecular complexity index is 544. The van der Waals surface area contributed by atoms with E-state index in [1.807, 2.05) is 24.3 Å². The maximum atomic E-state index is 11.6. The third-order valence-corrected chi connectivity index (χ3v) is 5.75. The van der Waals surface area contributed by atoms with Crippen molar-refractivity contribution in [2.75, 3.05) is 19.3 Å². The number of hydrogen-bond acceptors (Lipinski definition) is 3. The maximum absolute atomic E-state index is 11.6. The molecule has 1 saturated heterocycles. The van der Waals surface area contributed by atoms with Crippen molar-refractivity contribution in [1.29, 1.82) is 0 Å². The first kappa shape index (κ1) is 16.2. The second kappa shape index (κ2) is 6.72. The number of sulfonamides is 1. The molecule has 112 valence electrons. The molecule has 0 amide bonds. The number of nitrogens with zero attached hydrogens (tertiary/aromatic N) is 1. The fraction of sp³-hybridized carbons (Fsp3) is 0.571. The van der Waals surface area contributed by atoms with Gasteiger partial charge < -0.3 is 5.11 Å². The lowest BCUT2D eigenvalue weighted by molar-refractivity contribution is 0.123. The average molecular weight is 409 g/mol. The van der Waals surface area contributed by atoms with Crippen LogP contribution >= 0.6 is 22.6 Å². The van der Waals surface area contributed by atoms with E-state index < -0.39 is 16.1 Å².